The summed E-state index contributed by atoms with van der Waals surface area (Å²) < 4.78 is 82.5. The zero-order valence-electron chi connectivity index (χ0n) is 11.2. The molecular formula is C9H8O10Ti3W. The molecule has 1 aromatic carbocycles. The first-order valence-corrected chi connectivity index (χ1v) is 10.9. The second-order valence-corrected chi connectivity index (χ2v) is 5.39. The van der Waals surface area contributed by atoms with E-state index in [2.05, 4.69) is 6.07 Å². The van der Waals surface area contributed by atoms with Gasteiger partial charge in [0, 0.05) is 0 Å². The molecule has 1 aliphatic rings. The van der Waals surface area contributed by atoms with Gasteiger partial charge in [-0.2, -0.15) is 0 Å². The van der Waals surface area contributed by atoms with E-state index >= 15 is 0 Å². The van der Waals surface area contributed by atoms with Crippen molar-refractivity contribution >= 4 is 0 Å². The molecule has 0 spiro atoms. The Morgan fingerprint density at radius 2 is 1.22 bits per heavy atom. The van der Waals surface area contributed by atoms with Crippen LogP contribution in [0.4, 0.5) is 0 Å². The molecule has 0 aromatic heterocycles. The van der Waals surface area contributed by atoms with E-state index in [0.29, 0.717) is 0 Å². The van der Waals surface area contributed by atoms with E-state index in [4.69, 9.17) is 36.8 Å². The van der Waals surface area contributed by atoms with Crippen LogP contribution in [0, 0.1) is 0 Å². The number of fused-ring (bicyclic) bond motifs is 1. The van der Waals surface area contributed by atoms with Gasteiger partial charge in [-0.1, -0.05) is 18.2 Å². The van der Waals surface area contributed by atoms with Crippen molar-refractivity contribution in [3.05, 3.63) is 42.2 Å². The fourth-order valence-electron chi connectivity index (χ4n) is 1.08. The van der Waals surface area contributed by atoms with Crippen molar-refractivity contribution in [2.45, 2.75) is 6.42 Å². The minimum absolute atomic E-state index is 0. The molecule has 1 aromatic rings. The molecule has 0 N–H and O–H groups in total. The topological polar surface area (TPSA) is 199 Å². The zero-order valence-corrected chi connectivity index (χ0v) is 18.8. The van der Waals surface area contributed by atoms with Crippen LogP contribution in [0.2, 0.25) is 0 Å². The van der Waals surface area contributed by atoms with Crippen molar-refractivity contribution < 1.29 is 114 Å². The largest absolute Gasteiger partial charge is 6.00 e. The molecule has 0 saturated carbocycles. The van der Waals surface area contributed by atoms with Crippen LogP contribution in [-0.4, -0.2) is 0 Å². The molecule has 122 valence electrons. The Balaban J connectivity index is -0.000000264. The number of hydrogen-bond acceptors (Lipinski definition) is 10. The van der Waals surface area contributed by atoms with Crippen LogP contribution in [-0.2, 0) is 93.3 Å². The predicted molar refractivity (Wildman–Crippen MR) is 42.0 cm³/mol. The molecular weight excluding hydrogens is 596 g/mol. The molecule has 0 aliphatic carbocycles. The van der Waals surface area contributed by atoms with Crippen LogP contribution < -0.4 is 26.9 Å². The number of rotatable bonds is 0. The molecule has 1 heterocycles. The van der Waals surface area contributed by atoms with Crippen molar-refractivity contribution in [1.29, 1.82) is 0 Å². The average molecular weight is 604 g/mol. The third kappa shape index (κ3) is 27.9. The Kier molecular flexibility index (Phi) is 23.7. The molecule has 14 heteroatoms. The van der Waals surface area contributed by atoms with Crippen LogP contribution >= 0.6 is 0 Å². The Hall–Kier alpha value is 0.751. The predicted octanol–water partition coefficient (Wildman–Crippen LogP) is -5.37. The molecule has 0 saturated heterocycles. The molecule has 0 bridgehead atoms. The molecule has 0 radical (unpaired) electrons. The van der Waals surface area contributed by atoms with Gasteiger partial charge in [-0.3, -0.25) is 0 Å². The van der Waals surface area contributed by atoms with E-state index < -0.39 is 55.8 Å². The van der Waals surface area contributed by atoms with Crippen LogP contribution in [0.1, 0.15) is 5.56 Å². The van der Waals surface area contributed by atoms with Gasteiger partial charge in [0.05, 0.1) is 6.26 Å². The average Bonchev–Trinajstić information content (AvgIpc) is 2.37. The van der Waals surface area contributed by atoms with E-state index in [-0.39, 0.29) is 21.1 Å². The van der Waals surface area contributed by atoms with Crippen molar-refractivity contribution in [1.82, 2.24) is 0 Å². The smallest absolute Gasteiger partial charge is 6.00 e. The first-order valence-electron chi connectivity index (χ1n) is 5.20. The SMILES string of the molecule is C1=COc2ccccc2C1.[O]=[Ti]([O-])[O-].[O]=[Ti]([O-])[O-].[O]=[Ti]([O-])[O-].[W+6]. The summed E-state index contributed by atoms with van der Waals surface area (Å²) in [6.45, 7) is 0. The van der Waals surface area contributed by atoms with Crippen LogP contribution in [0.3, 0.4) is 0 Å². The van der Waals surface area contributed by atoms with Crippen LogP contribution in [0.25, 0.3) is 0 Å². The van der Waals surface area contributed by atoms with Gasteiger partial charge >= 0.3 is 109 Å². The summed E-state index contributed by atoms with van der Waals surface area (Å²) >= 11 is -12.2. The standard InChI is InChI=1S/C9H8O.9O.3Ti.W/c1-2-6-9-8(4-1)5-3-7-10-9;;;;;;;;;;;;;/h1-4,6-7H,5H2;;;;;;;;;;;;;/q;;;;6*-1;;;;+6. The number of ether oxygens (including phenoxy) is 1. The van der Waals surface area contributed by atoms with Gasteiger partial charge in [0.25, 0.3) is 0 Å². The number of para-hydroxylation sites is 1. The molecule has 23 heavy (non-hydrogen) atoms. The molecule has 2 rings (SSSR count). The van der Waals surface area contributed by atoms with Crippen molar-refractivity contribution in [2.75, 3.05) is 0 Å². The van der Waals surface area contributed by atoms with Crippen molar-refractivity contribution in [3.8, 4) is 5.75 Å². The van der Waals surface area contributed by atoms with E-state index in [1.165, 1.54) is 5.56 Å². The molecule has 0 atom stereocenters. The maximum atomic E-state index is 8.58. The van der Waals surface area contributed by atoms with Gasteiger partial charge in [-0.25, -0.2) is 0 Å². The Morgan fingerprint density at radius 1 is 0.826 bits per heavy atom. The maximum Gasteiger partial charge on any atom is 6.00 e. The van der Waals surface area contributed by atoms with Gasteiger partial charge in [0.1, 0.15) is 5.75 Å². The van der Waals surface area contributed by atoms with Gasteiger partial charge in [-0.05, 0) is 24.1 Å². The third-order valence-corrected chi connectivity index (χ3v) is 1.60. The number of allylic oxidation sites excluding steroid dienone is 1. The summed E-state index contributed by atoms with van der Waals surface area (Å²) in [5.74, 6) is 0.991. The van der Waals surface area contributed by atoms with Crippen molar-refractivity contribution in [2.24, 2.45) is 0 Å². The third-order valence-electron chi connectivity index (χ3n) is 1.60. The molecule has 10 nitrogen and oxygen atoms in total. The Bertz CT molecular complexity index is 457. The molecule has 0 fully saturated rings. The Morgan fingerprint density at radius 3 is 1.61 bits per heavy atom. The normalized spacial score (nSPS) is 9.48. The molecule has 0 amide bonds. The van der Waals surface area contributed by atoms with E-state index in [0.717, 1.165) is 12.2 Å². The fourth-order valence-corrected chi connectivity index (χ4v) is 1.08. The second kappa shape index (κ2) is 19.1. The summed E-state index contributed by atoms with van der Waals surface area (Å²) in [6.07, 6.45) is 4.75. The van der Waals surface area contributed by atoms with E-state index in [1.807, 2.05) is 24.3 Å². The first-order chi connectivity index (χ1) is 10.2. The Labute approximate surface area is 166 Å². The summed E-state index contributed by atoms with van der Waals surface area (Å²) in [5.41, 5.74) is 1.27. The number of benzene rings is 1. The summed E-state index contributed by atoms with van der Waals surface area (Å²) in [4.78, 5) is 0. The van der Waals surface area contributed by atoms with E-state index in [9.17, 15) is 0 Å². The monoisotopic (exact) mass is 604 g/mol. The summed E-state index contributed by atoms with van der Waals surface area (Å²) in [6, 6.07) is 8.08. The second-order valence-electron chi connectivity index (χ2n) is 3.05. The quantitative estimate of drug-likeness (QED) is 0.258. The van der Waals surface area contributed by atoms with E-state index in [1.54, 1.807) is 6.26 Å². The molecule has 0 unspecified atom stereocenters. The van der Waals surface area contributed by atoms with Gasteiger partial charge < -0.3 is 4.74 Å². The van der Waals surface area contributed by atoms with Gasteiger partial charge in [0.2, 0.25) is 0 Å². The first kappa shape index (κ1) is 28.6. The van der Waals surface area contributed by atoms with Crippen LogP contribution in [0.15, 0.2) is 36.6 Å². The molecule has 1 aliphatic heterocycles. The summed E-state index contributed by atoms with van der Waals surface area (Å²) in [7, 11) is 0. The zero-order chi connectivity index (χ0) is 17.5. The van der Waals surface area contributed by atoms with Crippen molar-refractivity contribution in [3.63, 3.8) is 0 Å². The summed E-state index contributed by atoms with van der Waals surface area (Å²) in [5, 5.41) is 0. The van der Waals surface area contributed by atoms with Crippen LogP contribution in [0.5, 0.6) is 5.75 Å². The minimum Gasteiger partial charge on any atom is 6.00 e. The van der Waals surface area contributed by atoms with Gasteiger partial charge in [-0.15, -0.1) is 0 Å². The number of hydrogen-bond donors (Lipinski definition) is 0. The van der Waals surface area contributed by atoms with Gasteiger partial charge in [0.15, 0.2) is 0 Å². The fraction of sp³-hybridized carbons (Fsp3) is 0.111. The minimum atomic E-state index is -4.08. The maximum absolute atomic E-state index is 8.58.